The molecule has 1 aliphatic rings. The van der Waals surface area contributed by atoms with E-state index >= 15 is 0 Å². The molecule has 0 saturated carbocycles. The van der Waals surface area contributed by atoms with Crippen molar-refractivity contribution < 1.29 is 14.6 Å². The molecular formula is C14H20N2O3. The molecule has 5 nitrogen and oxygen atoms in total. The van der Waals surface area contributed by atoms with Gasteiger partial charge in [0.2, 0.25) is 5.91 Å². The quantitative estimate of drug-likeness (QED) is 0.828. The standard InChI is InChI=1S/C14H20N2O3/c1-10-3-4-13(19-2)12(5-10)15-14(18)8-16-6-11(7-16)9-17/h3-5,11,17H,6-9H2,1-2H3,(H,15,18). The van der Waals surface area contributed by atoms with Crippen LogP contribution in [0.25, 0.3) is 0 Å². The highest BCUT2D eigenvalue weighted by Gasteiger charge is 2.27. The van der Waals surface area contributed by atoms with Crippen molar-refractivity contribution in [3.8, 4) is 5.75 Å². The third-order valence-corrected chi connectivity index (χ3v) is 3.29. The minimum absolute atomic E-state index is 0.0553. The zero-order valence-corrected chi connectivity index (χ0v) is 11.3. The van der Waals surface area contributed by atoms with Gasteiger partial charge >= 0.3 is 0 Å². The second-order valence-corrected chi connectivity index (χ2v) is 4.99. The van der Waals surface area contributed by atoms with Crippen molar-refractivity contribution in [3.63, 3.8) is 0 Å². The maximum Gasteiger partial charge on any atom is 0.238 e. The fraction of sp³-hybridized carbons (Fsp3) is 0.500. The Bertz CT molecular complexity index is 456. The monoisotopic (exact) mass is 264 g/mol. The number of aliphatic hydroxyl groups excluding tert-OH is 1. The van der Waals surface area contributed by atoms with Crippen LogP contribution in [0.3, 0.4) is 0 Å². The summed E-state index contributed by atoms with van der Waals surface area (Å²) >= 11 is 0. The topological polar surface area (TPSA) is 61.8 Å². The molecule has 1 aliphatic heterocycles. The van der Waals surface area contributed by atoms with Crippen LogP contribution < -0.4 is 10.1 Å². The predicted molar refractivity (Wildman–Crippen MR) is 73.4 cm³/mol. The van der Waals surface area contributed by atoms with Crippen molar-refractivity contribution in [2.24, 2.45) is 5.92 Å². The van der Waals surface area contributed by atoms with Gasteiger partial charge in [-0.1, -0.05) is 6.07 Å². The molecule has 1 aromatic carbocycles. The van der Waals surface area contributed by atoms with Gasteiger partial charge in [-0.05, 0) is 24.6 Å². The van der Waals surface area contributed by atoms with Crippen molar-refractivity contribution >= 4 is 11.6 Å². The minimum atomic E-state index is -0.0553. The van der Waals surface area contributed by atoms with E-state index in [1.807, 2.05) is 30.0 Å². The SMILES string of the molecule is COc1ccc(C)cc1NC(=O)CN1CC(CO)C1. The number of hydrogen-bond donors (Lipinski definition) is 2. The molecule has 0 aliphatic carbocycles. The van der Waals surface area contributed by atoms with Gasteiger partial charge < -0.3 is 15.2 Å². The van der Waals surface area contributed by atoms with Gasteiger partial charge in [0.15, 0.2) is 0 Å². The fourth-order valence-electron chi connectivity index (χ4n) is 2.23. The number of rotatable bonds is 5. The molecule has 1 fully saturated rings. The molecule has 104 valence electrons. The van der Waals surface area contributed by atoms with E-state index in [-0.39, 0.29) is 12.5 Å². The van der Waals surface area contributed by atoms with Gasteiger partial charge in [0.1, 0.15) is 5.75 Å². The molecule has 1 aromatic rings. The summed E-state index contributed by atoms with van der Waals surface area (Å²) in [6.45, 7) is 4.09. The smallest absolute Gasteiger partial charge is 0.238 e. The second-order valence-electron chi connectivity index (χ2n) is 4.99. The van der Waals surface area contributed by atoms with E-state index < -0.39 is 0 Å². The van der Waals surface area contributed by atoms with Crippen molar-refractivity contribution in [1.29, 1.82) is 0 Å². The lowest BCUT2D eigenvalue weighted by atomic mass is 10.0. The molecule has 19 heavy (non-hydrogen) atoms. The van der Waals surface area contributed by atoms with Gasteiger partial charge in [-0.25, -0.2) is 0 Å². The van der Waals surface area contributed by atoms with Crippen molar-refractivity contribution in [1.82, 2.24) is 4.90 Å². The molecule has 0 unspecified atom stereocenters. The van der Waals surface area contributed by atoms with Crippen LogP contribution in [0.5, 0.6) is 5.75 Å². The third-order valence-electron chi connectivity index (χ3n) is 3.29. The molecule has 2 rings (SSSR count). The number of likely N-dealkylation sites (tertiary alicyclic amines) is 1. The Morgan fingerprint density at radius 3 is 2.89 bits per heavy atom. The Morgan fingerprint density at radius 1 is 1.53 bits per heavy atom. The Kier molecular flexibility index (Phi) is 4.39. The number of anilines is 1. The largest absolute Gasteiger partial charge is 0.495 e. The van der Waals surface area contributed by atoms with Gasteiger partial charge in [0, 0.05) is 25.6 Å². The van der Waals surface area contributed by atoms with E-state index in [9.17, 15) is 4.79 Å². The normalized spacial score (nSPS) is 15.9. The number of carbonyl (C=O) groups excluding carboxylic acids is 1. The number of benzene rings is 1. The molecule has 0 aromatic heterocycles. The minimum Gasteiger partial charge on any atom is -0.495 e. The number of aliphatic hydroxyl groups is 1. The van der Waals surface area contributed by atoms with Crippen LogP contribution in [0.2, 0.25) is 0 Å². The number of nitrogens with zero attached hydrogens (tertiary/aromatic N) is 1. The number of nitrogens with one attached hydrogen (secondary N) is 1. The van der Waals surface area contributed by atoms with E-state index in [0.29, 0.717) is 23.9 Å². The number of methoxy groups -OCH3 is 1. The summed E-state index contributed by atoms with van der Waals surface area (Å²) in [5.74, 6) is 0.928. The molecule has 0 bridgehead atoms. The second kappa shape index (κ2) is 6.04. The van der Waals surface area contributed by atoms with Gasteiger partial charge in [0.25, 0.3) is 0 Å². The van der Waals surface area contributed by atoms with Gasteiger partial charge in [-0.3, -0.25) is 9.69 Å². The number of carbonyl (C=O) groups is 1. The van der Waals surface area contributed by atoms with Crippen molar-refractivity contribution in [2.75, 3.05) is 38.7 Å². The summed E-state index contributed by atoms with van der Waals surface area (Å²) in [7, 11) is 1.58. The molecule has 5 heteroatoms. The highest BCUT2D eigenvalue weighted by molar-refractivity contribution is 5.93. The van der Waals surface area contributed by atoms with Gasteiger partial charge in [-0.15, -0.1) is 0 Å². The van der Waals surface area contributed by atoms with Gasteiger partial charge in [0.05, 0.1) is 19.3 Å². The number of hydrogen-bond acceptors (Lipinski definition) is 4. The lowest BCUT2D eigenvalue weighted by molar-refractivity contribution is -0.119. The first kappa shape index (κ1) is 13.8. The summed E-state index contributed by atoms with van der Waals surface area (Å²) in [6.07, 6.45) is 0. The zero-order chi connectivity index (χ0) is 13.8. The summed E-state index contributed by atoms with van der Waals surface area (Å²) in [5.41, 5.74) is 1.77. The zero-order valence-electron chi connectivity index (χ0n) is 11.3. The van der Waals surface area contributed by atoms with Gasteiger partial charge in [-0.2, -0.15) is 0 Å². The molecule has 2 N–H and O–H groups in total. The first-order valence-corrected chi connectivity index (χ1v) is 6.40. The van der Waals surface area contributed by atoms with Crippen LogP contribution in [0.4, 0.5) is 5.69 Å². The van der Waals surface area contributed by atoms with E-state index in [1.54, 1.807) is 7.11 Å². The summed E-state index contributed by atoms with van der Waals surface area (Å²) in [5, 5.41) is 11.8. The highest BCUT2D eigenvalue weighted by Crippen LogP contribution is 2.25. The first-order chi connectivity index (χ1) is 9.12. The maximum atomic E-state index is 11.9. The van der Waals surface area contributed by atoms with Crippen molar-refractivity contribution in [3.05, 3.63) is 23.8 Å². The Morgan fingerprint density at radius 2 is 2.26 bits per heavy atom. The molecule has 0 spiro atoms. The molecule has 0 radical (unpaired) electrons. The van der Waals surface area contributed by atoms with Crippen LogP contribution in [0.1, 0.15) is 5.56 Å². The molecule has 0 atom stereocenters. The average molecular weight is 264 g/mol. The predicted octanol–water partition coefficient (Wildman–Crippen LogP) is 0.866. The fourth-order valence-corrected chi connectivity index (χ4v) is 2.23. The highest BCUT2D eigenvalue weighted by atomic mass is 16.5. The van der Waals surface area contributed by atoms with Crippen molar-refractivity contribution in [2.45, 2.75) is 6.92 Å². The number of ether oxygens (including phenoxy) is 1. The lowest BCUT2D eigenvalue weighted by Crippen LogP contribution is -2.51. The number of aryl methyl sites for hydroxylation is 1. The third kappa shape index (κ3) is 3.45. The van der Waals surface area contributed by atoms with Crippen LogP contribution in [0.15, 0.2) is 18.2 Å². The number of amides is 1. The van der Waals surface area contributed by atoms with E-state index in [4.69, 9.17) is 9.84 Å². The summed E-state index contributed by atoms with van der Waals surface area (Å²) in [4.78, 5) is 13.9. The van der Waals surface area contributed by atoms with E-state index in [1.165, 1.54) is 0 Å². The molecular weight excluding hydrogens is 244 g/mol. The maximum absolute atomic E-state index is 11.9. The first-order valence-electron chi connectivity index (χ1n) is 6.40. The lowest BCUT2D eigenvalue weighted by Gasteiger charge is -2.37. The molecule has 1 heterocycles. The summed E-state index contributed by atoms with van der Waals surface area (Å²) < 4.78 is 5.22. The average Bonchev–Trinajstić information content (AvgIpc) is 2.33. The van der Waals surface area contributed by atoms with E-state index in [0.717, 1.165) is 18.7 Å². The van der Waals surface area contributed by atoms with Crippen LogP contribution in [-0.2, 0) is 4.79 Å². The van der Waals surface area contributed by atoms with E-state index in [2.05, 4.69) is 5.32 Å². The summed E-state index contributed by atoms with van der Waals surface area (Å²) in [6, 6.07) is 5.68. The van der Waals surface area contributed by atoms with Crippen LogP contribution in [-0.4, -0.2) is 49.3 Å². The van der Waals surface area contributed by atoms with Crippen LogP contribution >= 0.6 is 0 Å². The Balaban J connectivity index is 1.90. The Hall–Kier alpha value is -1.59. The molecule has 1 saturated heterocycles. The van der Waals surface area contributed by atoms with Crippen LogP contribution in [0, 0.1) is 12.8 Å². The molecule has 1 amide bonds. The Labute approximate surface area is 113 Å².